The Labute approximate surface area is 128 Å². The maximum absolute atomic E-state index is 11.9. The van der Waals surface area contributed by atoms with E-state index in [1.54, 1.807) is 11.9 Å². The van der Waals surface area contributed by atoms with Crippen LogP contribution in [0, 0.1) is 0 Å². The van der Waals surface area contributed by atoms with E-state index in [2.05, 4.69) is 25.2 Å². The molecule has 0 saturated carbocycles. The van der Waals surface area contributed by atoms with E-state index in [0.29, 0.717) is 6.54 Å². The number of para-hydroxylation sites is 1. The summed E-state index contributed by atoms with van der Waals surface area (Å²) in [5.74, 6) is 0.799. The first-order valence-corrected chi connectivity index (χ1v) is 7.83. The fraction of sp³-hybridized carbons (Fsp3) is 0.588. The Balaban J connectivity index is 2.76. The van der Waals surface area contributed by atoms with E-state index in [1.807, 2.05) is 25.1 Å². The molecule has 1 amide bonds. The third-order valence-corrected chi connectivity index (χ3v) is 3.59. The highest BCUT2D eigenvalue weighted by Crippen LogP contribution is 2.27. The average molecular weight is 292 g/mol. The zero-order chi connectivity index (χ0) is 15.7. The van der Waals surface area contributed by atoms with Crippen molar-refractivity contribution in [3.63, 3.8) is 0 Å². The molecule has 4 nitrogen and oxygen atoms in total. The smallest absolute Gasteiger partial charge is 0.260 e. The average Bonchev–Trinajstić information content (AvgIpc) is 2.53. The second-order valence-electron chi connectivity index (χ2n) is 5.15. The van der Waals surface area contributed by atoms with Gasteiger partial charge >= 0.3 is 0 Å². The van der Waals surface area contributed by atoms with Crippen LogP contribution in [0.5, 0.6) is 5.75 Å². The highest BCUT2D eigenvalue weighted by Gasteiger charge is 2.15. The van der Waals surface area contributed by atoms with Gasteiger partial charge in [-0.05, 0) is 32.4 Å². The van der Waals surface area contributed by atoms with Crippen LogP contribution in [0.4, 0.5) is 0 Å². The highest BCUT2D eigenvalue weighted by atomic mass is 16.5. The van der Waals surface area contributed by atoms with Crippen LogP contribution >= 0.6 is 0 Å². The van der Waals surface area contributed by atoms with Gasteiger partial charge in [0.15, 0.2) is 6.61 Å². The van der Waals surface area contributed by atoms with Gasteiger partial charge < -0.3 is 15.0 Å². The lowest BCUT2D eigenvalue weighted by molar-refractivity contribution is -0.131. The third kappa shape index (κ3) is 5.38. The van der Waals surface area contributed by atoms with Gasteiger partial charge in [0.05, 0.1) is 0 Å². The van der Waals surface area contributed by atoms with Gasteiger partial charge in [0.25, 0.3) is 5.91 Å². The first-order valence-electron chi connectivity index (χ1n) is 7.83. The van der Waals surface area contributed by atoms with E-state index in [4.69, 9.17) is 4.74 Å². The van der Waals surface area contributed by atoms with E-state index < -0.39 is 0 Å². The van der Waals surface area contributed by atoms with Crippen LogP contribution in [-0.2, 0) is 4.79 Å². The summed E-state index contributed by atoms with van der Waals surface area (Å²) in [6, 6.07) is 8.23. The molecule has 0 aliphatic heterocycles. The largest absolute Gasteiger partial charge is 0.483 e. The molecular formula is C17H28N2O2. The Hall–Kier alpha value is -1.55. The quantitative estimate of drug-likeness (QED) is 0.761. The SMILES string of the molecule is CCCNC(CC)c1ccccc1OCC(=O)N(C)CC. The van der Waals surface area contributed by atoms with Gasteiger partial charge in [0.2, 0.25) is 0 Å². The van der Waals surface area contributed by atoms with Crippen LogP contribution in [0.3, 0.4) is 0 Å². The van der Waals surface area contributed by atoms with E-state index in [-0.39, 0.29) is 18.6 Å². The molecule has 1 N–H and O–H groups in total. The maximum atomic E-state index is 11.9. The van der Waals surface area contributed by atoms with Gasteiger partial charge in [-0.25, -0.2) is 0 Å². The summed E-state index contributed by atoms with van der Waals surface area (Å²) in [5.41, 5.74) is 1.13. The minimum Gasteiger partial charge on any atom is -0.483 e. The predicted molar refractivity (Wildman–Crippen MR) is 86.6 cm³/mol. The van der Waals surface area contributed by atoms with Gasteiger partial charge in [-0.3, -0.25) is 4.79 Å². The lowest BCUT2D eigenvalue weighted by atomic mass is 10.0. The highest BCUT2D eigenvalue weighted by molar-refractivity contribution is 5.77. The van der Waals surface area contributed by atoms with Crippen molar-refractivity contribution in [1.82, 2.24) is 10.2 Å². The molecule has 118 valence electrons. The number of rotatable bonds is 9. The third-order valence-electron chi connectivity index (χ3n) is 3.59. The normalized spacial score (nSPS) is 12.0. The van der Waals surface area contributed by atoms with E-state index >= 15 is 0 Å². The molecule has 0 heterocycles. The van der Waals surface area contributed by atoms with E-state index in [0.717, 1.165) is 30.7 Å². The molecule has 0 aromatic heterocycles. The summed E-state index contributed by atoms with van der Waals surface area (Å²) < 4.78 is 5.75. The summed E-state index contributed by atoms with van der Waals surface area (Å²) >= 11 is 0. The van der Waals surface area contributed by atoms with Gasteiger partial charge in [0.1, 0.15) is 5.75 Å². The minimum atomic E-state index is 0.00173. The van der Waals surface area contributed by atoms with Crippen molar-refractivity contribution in [1.29, 1.82) is 0 Å². The Morgan fingerprint density at radius 2 is 2.00 bits per heavy atom. The molecule has 1 unspecified atom stereocenters. The predicted octanol–water partition coefficient (Wildman–Crippen LogP) is 2.99. The minimum absolute atomic E-state index is 0.00173. The molecule has 1 atom stereocenters. The molecule has 1 rings (SSSR count). The van der Waals surface area contributed by atoms with Crippen molar-refractivity contribution in [2.75, 3.05) is 26.7 Å². The van der Waals surface area contributed by atoms with Crippen molar-refractivity contribution < 1.29 is 9.53 Å². The molecule has 1 aromatic rings. The summed E-state index contributed by atoms with van der Waals surface area (Å²) in [7, 11) is 1.79. The van der Waals surface area contributed by atoms with Gasteiger partial charge in [-0.2, -0.15) is 0 Å². The molecule has 0 bridgehead atoms. The van der Waals surface area contributed by atoms with E-state index in [1.165, 1.54) is 0 Å². The van der Waals surface area contributed by atoms with Crippen LogP contribution < -0.4 is 10.1 Å². The second kappa shape index (κ2) is 9.40. The molecule has 4 heteroatoms. The van der Waals surface area contributed by atoms with Crippen molar-refractivity contribution in [2.45, 2.75) is 39.7 Å². The molecule has 21 heavy (non-hydrogen) atoms. The fourth-order valence-corrected chi connectivity index (χ4v) is 2.12. The van der Waals surface area contributed by atoms with Gasteiger partial charge in [0, 0.05) is 25.2 Å². The zero-order valence-corrected chi connectivity index (χ0v) is 13.7. The molecule has 0 spiro atoms. The lowest BCUT2D eigenvalue weighted by Gasteiger charge is -2.21. The number of ether oxygens (including phenoxy) is 1. The zero-order valence-electron chi connectivity index (χ0n) is 13.7. The Bertz CT molecular complexity index is 435. The Kier molecular flexibility index (Phi) is 7.83. The number of carbonyl (C=O) groups excluding carboxylic acids is 1. The topological polar surface area (TPSA) is 41.6 Å². The number of carbonyl (C=O) groups is 1. The molecule has 1 aromatic carbocycles. The standard InChI is InChI=1S/C17H28N2O2/c1-5-12-18-15(6-2)14-10-8-9-11-16(14)21-13-17(20)19(4)7-3/h8-11,15,18H,5-7,12-13H2,1-4H3. The fourth-order valence-electron chi connectivity index (χ4n) is 2.12. The molecule has 0 radical (unpaired) electrons. The van der Waals surface area contributed by atoms with Crippen LogP contribution in [0.25, 0.3) is 0 Å². The summed E-state index contributed by atoms with van der Waals surface area (Å²) in [6.45, 7) is 8.02. The Morgan fingerprint density at radius 3 is 2.62 bits per heavy atom. The lowest BCUT2D eigenvalue weighted by Crippen LogP contribution is -2.31. The van der Waals surface area contributed by atoms with Crippen LogP contribution in [0.2, 0.25) is 0 Å². The van der Waals surface area contributed by atoms with Crippen LogP contribution in [-0.4, -0.2) is 37.6 Å². The number of benzene rings is 1. The van der Waals surface area contributed by atoms with Crippen molar-refractivity contribution in [2.24, 2.45) is 0 Å². The van der Waals surface area contributed by atoms with E-state index in [9.17, 15) is 4.79 Å². The number of hydrogen-bond acceptors (Lipinski definition) is 3. The number of amides is 1. The molecule has 0 fully saturated rings. The number of nitrogens with zero attached hydrogens (tertiary/aromatic N) is 1. The monoisotopic (exact) mass is 292 g/mol. The molecule has 0 aliphatic carbocycles. The molecule has 0 aliphatic rings. The van der Waals surface area contributed by atoms with Crippen molar-refractivity contribution in [3.8, 4) is 5.75 Å². The molecule has 0 saturated heterocycles. The van der Waals surface area contributed by atoms with Gasteiger partial charge in [-0.1, -0.05) is 32.0 Å². The summed E-state index contributed by atoms with van der Waals surface area (Å²) in [6.07, 6.45) is 2.09. The number of likely N-dealkylation sites (N-methyl/N-ethyl adjacent to an activating group) is 1. The Morgan fingerprint density at radius 1 is 1.29 bits per heavy atom. The number of hydrogen-bond donors (Lipinski definition) is 1. The van der Waals surface area contributed by atoms with Crippen LogP contribution in [0.1, 0.15) is 45.2 Å². The van der Waals surface area contributed by atoms with Crippen molar-refractivity contribution >= 4 is 5.91 Å². The number of nitrogens with one attached hydrogen (secondary N) is 1. The maximum Gasteiger partial charge on any atom is 0.260 e. The first kappa shape index (κ1) is 17.5. The summed E-state index contributed by atoms with van der Waals surface area (Å²) in [4.78, 5) is 13.5. The van der Waals surface area contributed by atoms with Crippen molar-refractivity contribution in [3.05, 3.63) is 29.8 Å². The van der Waals surface area contributed by atoms with Crippen LogP contribution in [0.15, 0.2) is 24.3 Å². The second-order valence-corrected chi connectivity index (χ2v) is 5.15. The van der Waals surface area contributed by atoms with Gasteiger partial charge in [-0.15, -0.1) is 0 Å². The summed E-state index contributed by atoms with van der Waals surface area (Å²) in [5, 5.41) is 3.52. The molecular weight excluding hydrogens is 264 g/mol. The first-order chi connectivity index (χ1) is 10.1.